The summed E-state index contributed by atoms with van der Waals surface area (Å²) in [5.41, 5.74) is 1.91. The smallest absolute Gasteiger partial charge is 0.406 e. The molecule has 0 radical (unpaired) electrons. The zero-order chi connectivity index (χ0) is 15.6. The summed E-state index contributed by atoms with van der Waals surface area (Å²) in [6.45, 7) is -1.39. The molecular weight excluding hydrogens is 283 g/mol. The Labute approximate surface area is 111 Å². The Bertz CT molecular complexity index is 426. The van der Waals surface area contributed by atoms with Crippen LogP contribution < -0.4 is 11.1 Å². The maximum atomic E-state index is 12.9. The van der Waals surface area contributed by atoms with Crippen molar-refractivity contribution in [2.45, 2.75) is 19.0 Å². The summed E-state index contributed by atoms with van der Waals surface area (Å²) in [4.78, 5) is 33.7. The summed E-state index contributed by atoms with van der Waals surface area (Å²) in [6, 6.07) is -0.848. The molecule has 0 aromatic heterocycles. The van der Waals surface area contributed by atoms with Gasteiger partial charge in [0.1, 0.15) is 0 Å². The largest absolute Gasteiger partial charge is 0.481 e. The highest BCUT2D eigenvalue weighted by molar-refractivity contribution is 5.81. The SMILES string of the molecule is NC(=O)CCNC(=O)N1CCC(C(=O)O)(C(F)(F)F)C1. The van der Waals surface area contributed by atoms with Crippen LogP contribution in [0.4, 0.5) is 18.0 Å². The molecular formula is C10H14F3N3O4. The fourth-order valence-corrected chi connectivity index (χ4v) is 1.91. The van der Waals surface area contributed by atoms with Gasteiger partial charge in [-0.1, -0.05) is 0 Å². The number of hydrogen-bond donors (Lipinski definition) is 3. The second-order valence-corrected chi connectivity index (χ2v) is 4.50. The highest BCUT2D eigenvalue weighted by Gasteiger charge is 2.64. The molecule has 1 aliphatic rings. The van der Waals surface area contributed by atoms with E-state index in [-0.39, 0.29) is 19.5 Å². The van der Waals surface area contributed by atoms with Gasteiger partial charge in [0.25, 0.3) is 0 Å². The van der Waals surface area contributed by atoms with Crippen LogP contribution in [0.1, 0.15) is 12.8 Å². The number of carbonyl (C=O) groups is 3. The van der Waals surface area contributed by atoms with Gasteiger partial charge in [0.15, 0.2) is 5.41 Å². The molecule has 3 amide bonds. The van der Waals surface area contributed by atoms with Crippen LogP contribution in [0.3, 0.4) is 0 Å². The Kier molecular flexibility index (Phi) is 4.46. The molecule has 114 valence electrons. The summed E-state index contributed by atoms with van der Waals surface area (Å²) in [7, 11) is 0. The molecule has 1 aliphatic heterocycles. The zero-order valence-corrected chi connectivity index (χ0v) is 10.4. The number of aliphatic carboxylic acids is 1. The quantitative estimate of drug-likeness (QED) is 0.673. The number of primary amides is 1. The number of hydrogen-bond acceptors (Lipinski definition) is 3. The fraction of sp³-hybridized carbons (Fsp3) is 0.700. The van der Waals surface area contributed by atoms with Crippen LogP contribution >= 0.6 is 0 Å². The van der Waals surface area contributed by atoms with E-state index in [1.807, 2.05) is 0 Å². The number of likely N-dealkylation sites (tertiary alicyclic amines) is 1. The van der Waals surface area contributed by atoms with Crippen molar-refractivity contribution in [1.29, 1.82) is 0 Å². The van der Waals surface area contributed by atoms with E-state index in [0.717, 1.165) is 4.90 Å². The van der Waals surface area contributed by atoms with Crippen LogP contribution in [-0.4, -0.2) is 53.7 Å². The highest BCUT2D eigenvalue weighted by Crippen LogP contribution is 2.45. The molecule has 1 atom stereocenters. The summed E-state index contributed by atoms with van der Waals surface area (Å²) < 4.78 is 38.6. The van der Waals surface area contributed by atoms with E-state index in [1.54, 1.807) is 0 Å². The van der Waals surface area contributed by atoms with Crippen LogP contribution in [0.2, 0.25) is 0 Å². The first-order valence-electron chi connectivity index (χ1n) is 5.71. The van der Waals surface area contributed by atoms with Crippen LogP contribution in [0.15, 0.2) is 0 Å². The first-order valence-corrected chi connectivity index (χ1v) is 5.71. The van der Waals surface area contributed by atoms with Crippen LogP contribution in [-0.2, 0) is 9.59 Å². The Morgan fingerprint density at radius 1 is 1.35 bits per heavy atom. The van der Waals surface area contributed by atoms with E-state index in [1.165, 1.54) is 0 Å². The second kappa shape index (κ2) is 5.55. The van der Waals surface area contributed by atoms with Gasteiger partial charge in [0.05, 0.1) is 0 Å². The first kappa shape index (κ1) is 16.1. The number of amides is 3. The highest BCUT2D eigenvalue weighted by atomic mass is 19.4. The predicted molar refractivity (Wildman–Crippen MR) is 59.5 cm³/mol. The van der Waals surface area contributed by atoms with Gasteiger partial charge in [-0.05, 0) is 6.42 Å². The van der Waals surface area contributed by atoms with Crippen molar-refractivity contribution in [3.8, 4) is 0 Å². The Balaban J connectivity index is 2.67. The molecule has 7 nitrogen and oxygen atoms in total. The monoisotopic (exact) mass is 297 g/mol. The normalized spacial score (nSPS) is 22.6. The maximum absolute atomic E-state index is 12.9. The number of alkyl halides is 3. The molecule has 1 rings (SSSR count). The summed E-state index contributed by atoms with van der Waals surface area (Å²) in [5, 5.41) is 11.0. The number of urea groups is 1. The van der Waals surface area contributed by atoms with Crippen LogP contribution in [0, 0.1) is 5.41 Å². The predicted octanol–water partition coefficient (Wildman–Crippen LogP) is -0.0896. The second-order valence-electron chi connectivity index (χ2n) is 4.50. The molecule has 4 N–H and O–H groups in total. The zero-order valence-electron chi connectivity index (χ0n) is 10.4. The summed E-state index contributed by atoms with van der Waals surface area (Å²) in [6.07, 6.45) is -5.79. The maximum Gasteiger partial charge on any atom is 0.406 e. The molecule has 1 unspecified atom stereocenters. The van der Waals surface area contributed by atoms with Gasteiger partial charge in [-0.15, -0.1) is 0 Å². The van der Waals surface area contributed by atoms with Gasteiger partial charge >= 0.3 is 18.2 Å². The van der Waals surface area contributed by atoms with Crippen molar-refractivity contribution in [3.63, 3.8) is 0 Å². The van der Waals surface area contributed by atoms with Crippen molar-refractivity contribution in [1.82, 2.24) is 10.2 Å². The number of carboxylic acid groups (broad SMARTS) is 1. The molecule has 0 saturated carbocycles. The van der Waals surface area contributed by atoms with Gasteiger partial charge in [-0.2, -0.15) is 13.2 Å². The number of nitrogens with zero attached hydrogens (tertiary/aromatic N) is 1. The molecule has 0 bridgehead atoms. The lowest BCUT2D eigenvalue weighted by molar-refractivity contribution is -0.227. The summed E-state index contributed by atoms with van der Waals surface area (Å²) in [5.74, 6) is -2.67. The third-order valence-corrected chi connectivity index (χ3v) is 3.16. The van der Waals surface area contributed by atoms with Crippen molar-refractivity contribution in [3.05, 3.63) is 0 Å². The first-order chi connectivity index (χ1) is 9.10. The average molecular weight is 297 g/mol. The van der Waals surface area contributed by atoms with E-state index in [4.69, 9.17) is 10.8 Å². The molecule has 0 spiro atoms. The van der Waals surface area contributed by atoms with E-state index in [2.05, 4.69) is 5.32 Å². The van der Waals surface area contributed by atoms with Crippen molar-refractivity contribution in [2.75, 3.05) is 19.6 Å². The molecule has 0 aromatic carbocycles. The van der Waals surface area contributed by atoms with E-state index in [0.29, 0.717) is 0 Å². The van der Waals surface area contributed by atoms with Gasteiger partial charge in [0, 0.05) is 26.1 Å². The fourth-order valence-electron chi connectivity index (χ4n) is 1.91. The van der Waals surface area contributed by atoms with Crippen molar-refractivity contribution < 1.29 is 32.7 Å². The Hall–Kier alpha value is -2.00. The van der Waals surface area contributed by atoms with Crippen LogP contribution in [0.25, 0.3) is 0 Å². The molecule has 0 aromatic rings. The standard InChI is InChI=1S/C10H14F3N3O4/c11-10(12,13)9(7(18)19)2-4-16(5-9)8(20)15-3-1-6(14)17/h1-5H2,(H2,14,17)(H,15,20)(H,18,19). The number of carboxylic acids is 1. The lowest BCUT2D eigenvalue weighted by Gasteiger charge is -2.27. The number of nitrogens with one attached hydrogen (secondary N) is 1. The number of carbonyl (C=O) groups excluding carboxylic acids is 2. The molecule has 1 fully saturated rings. The molecule has 20 heavy (non-hydrogen) atoms. The average Bonchev–Trinajstić information content (AvgIpc) is 2.73. The third-order valence-electron chi connectivity index (χ3n) is 3.16. The minimum Gasteiger partial charge on any atom is -0.481 e. The lowest BCUT2D eigenvalue weighted by atomic mass is 9.86. The number of halogens is 3. The number of nitrogens with two attached hydrogens (primary N) is 1. The number of rotatable bonds is 4. The molecule has 1 heterocycles. The molecule has 0 aliphatic carbocycles. The van der Waals surface area contributed by atoms with Gasteiger partial charge in [0.2, 0.25) is 5.91 Å². The summed E-state index contributed by atoms with van der Waals surface area (Å²) >= 11 is 0. The Morgan fingerprint density at radius 3 is 2.35 bits per heavy atom. The van der Waals surface area contributed by atoms with Crippen LogP contribution in [0.5, 0.6) is 0 Å². The lowest BCUT2D eigenvalue weighted by Crippen LogP contribution is -2.49. The van der Waals surface area contributed by atoms with Gasteiger partial charge < -0.3 is 21.1 Å². The topological polar surface area (TPSA) is 113 Å². The van der Waals surface area contributed by atoms with E-state index < -0.39 is 42.5 Å². The Morgan fingerprint density at radius 2 is 1.95 bits per heavy atom. The molecule has 10 heteroatoms. The molecule has 1 saturated heterocycles. The van der Waals surface area contributed by atoms with E-state index in [9.17, 15) is 27.6 Å². The van der Waals surface area contributed by atoms with Gasteiger partial charge in [-0.25, -0.2) is 4.79 Å². The van der Waals surface area contributed by atoms with Crippen molar-refractivity contribution >= 4 is 17.9 Å². The van der Waals surface area contributed by atoms with Crippen molar-refractivity contribution in [2.24, 2.45) is 11.1 Å². The minimum absolute atomic E-state index is 0.114. The third kappa shape index (κ3) is 3.11. The van der Waals surface area contributed by atoms with E-state index >= 15 is 0 Å². The minimum atomic E-state index is -4.94. The van der Waals surface area contributed by atoms with Gasteiger partial charge in [-0.3, -0.25) is 9.59 Å².